The van der Waals surface area contributed by atoms with Crippen molar-refractivity contribution in [2.75, 3.05) is 0 Å². The van der Waals surface area contributed by atoms with E-state index < -0.39 is 17.8 Å². The highest BCUT2D eigenvalue weighted by Gasteiger charge is 2.35. The van der Waals surface area contributed by atoms with Gasteiger partial charge >= 0.3 is 6.18 Å². The Morgan fingerprint density at radius 3 is 2.47 bits per heavy atom. The summed E-state index contributed by atoms with van der Waals surface area (Å²) in [5.74, 6) is -0.187. The SMILES string of the molecule is C=CC(C)Oc1ccc(CC(C)N)cc1C(F)(F)F. The molecule has 2 N–H and O–H groups in total. The number of hydrogen-bond acceptors (Lipinski definition) is 2. The maximum Gasteiger partial charge on any atom is 0.419 e. The average Bonchev–Trinajstić information content (AvgIpc) is 2.28. The highest BCUT2D eigenvalue weighted by atomic mass is 19.4. The molecule has 0 spiro atoms. The molecule has 0 fully saturated rings. The van der Waals surface area contributed by atoms with E-state index in [0.717, 1.165) is 6.07 Å². The molecule has 0 radical (unpaired) electrons. The molecular formula is C14H18F3NO. The summed E-state index contributed by atoms with van der Waals surface area (Å²) in [6.45, 7) is 6.86. The quantitative estimate of drug-likeness (QED) is 0.833. The van der Waals surface area contributed by atoms with Gasteiger partial charge in [-0.1, -0.05) is 18.7 Å². The lowest BCUT2D eigenvalue weighted by Crippen LogP contribution is -2.19. The molecule has 0 bridgehead atoms. The van der Waals surface area contributed by atoms with Crippen molar-refractivity contribution in [3.8, 4) is 5.75 Å². The van der Waals surface area contributed by atoms with Crippen LogP contribution >= 0.6 is 0 Å². The third-order valence-electron chi connectivity index (χ3n) is 2.55. The van der Waals surface area contributed by atoms with Gasteiger partial charge in [-0.3, -0.25) is 0 Å². The Morgan fingerprint density at radius 1 is 1.37 bits per heavy atom. The van der Waals surface area contributed by atoms with E-state index in [1.807, 2.05) is 0 Å². The molecule has 1 aromatic rings. The monoisotopic (exact) mass is 273 g/mol. The van der Waals surface area contributed by atoms with E-state index in [4.69, 9.17) is 10.5 Å². The van der Waals surface area contributed by atoms with E-state index in [1.165, 1.54) is 12.1 Å². The van der Waals surface area contributed by atoms with Gasteiger partial charge in [-0.15, -0.1) is 0 Å². The zero-order valence-electron chi connectivity index (χ0n) is 11.0. The summed E-state index contributed by atoms with van der Waals surface area (Å²) in [6.07, 6.45) is -3.11. The van der Waals surface area contributed by atoms with Crippen molar-refractivity contribution in [1.82, 2.24) is 0 Å². The Labute approximate surface area is 111 Å². The number of benzene rings is 1. The minimum atomic E-state index is -4.45. The zero-order valence-corrected chi connectivity index (χ0v) is 11.0. The molecular weight excluding hydrogens is 255 g/mol. The maximum absolute atomic E-state index is 13.0. The molecule has 0 saturated heterocycles. The summed E-state index contributed by atoms with van der Waals surface area (Å²) in [7, 11) is 0. The van der Waals surface area contributed by atoms with Crippen LogP contribution in [-0.2, 0) is 12.6 Å². The van der Waals surface area contributed by atoms with Crippen molar-refractivity contribution in [3.05, 3.63) is 42.0 Å². The fourth-order valence-corrected chi connectivity index (χ4v) is 1.65. The van der Waals surface area contributed by atoms with Crippen LogP contribution in [0.2, 0.25) is 0 Å². The largest absolute Gasteiger partial charge is 0.486 e. The Balaban J connectivity index is 3.13. The minimum Gasteiger partial charge on any atom is -0.486 e. The molecule has 1 rings (SSSR count). The van der Waals surface area contributed by atoms with Gasteiger partial charge in [0.15, 0.2) is 0 Å². The number of halogens is 3. The van der Waals surface area contributed by atoms with E-state index in [-0.39, 0.29) is 11.8 Å². The fraction of sp³-hybridized carbons (Fsp3) is 0.429. The summed E-state index contributed by atoms with van der Waals surface area (Å²) in [4.78, 5) is 0. The van der Waals surface area contributed by atoms with Crippen LogP contribution in [0.25, 0.3) is 0 Å². The van der Waals surface area contributed by atoms with Crippen LogP contribution in [0.1, 0.15) is 25.0 Å². The van der Waals surface area contributed by atoms with Gasteiger partial charge in [0.1, 0.15) is 11.9 Å². The van der Waals surface area contributed by atoms with E-state index in [9.17, 15) is 13.2 Å². The van der Waals surface area contributed by atoms with Gasteiger partial charge in [-0.2, -0.15) is 13.2 Å². The van der Waals surface area contributed by atoms with Crippen LogP contribution in [0, 0.1) is 0 Å². The highest BCUT2D eigenvalue weighted by molar-refractivity contribution is 5.40. The normalized spacial score (nSPS) is 14.8. The first-order chi connectivity index (χ1) is 8.74. The maximum atomic E-state index is 13.0. The molecule has 0 saturated carbocycles. The lowest BCUT2D eigenvalue weighted by atomic mass is 10.0. The summed E-state index contributed by atoms with van der Waals surface area (Å²) in [6, 6.07) is 3.83. The molecule has 0 aliphatic heterocycles. The second-order valence-electron chi connectivity index (χ2n) is 4.57. The number of nitrogens with two attached hydrogens (primary N) is 1. The topological polar surface area (TPSA) is 35.2 Å². The number of hydrogen-bond donors (Lipinski definition) is 1. The molecule has 2 atom stereocenters. The Kier molecular flexibility index (Phi) is 5.00. The molecule has 106 valence electrons. The molecule has 2 nitrogen and oxygen atoms in total. The third-order valence-corrected chi connectivity index (χ3v) is 2.55. The van der Waals surface area contributed by atoms with Gasteiger partial charge in [0, 0.05) is 6.04 Å². The van der Waals surface area contributed by atoms with Gasteiger partial charge in [-0.25, -0.2) is 0 Å². The van der Waals surface area contributed by atoms with E-state index in [1.54, 1.807) is 19.9 Å². The third kappa shape index (κ3) is 4.59. The summed E-state index contributed by atoms with van der Waals surface area (Å²) >= 11 is 0. The van der Waals surface area contributed by atoms with Crippen molar-refractivity contribution in [1.29, 1.82) is 0 Å². The molecule has 0 aliphatic carbocycles. The Morgan fingerprint density at radius 2 is 2.00 bits per heavy atom. The first kappa shape index (κ1) is 15.6. The van der Waals surface area contributed by atoms with Gasteiger partial charge < -0.3 is 10.5 Å². The second-order valence-corrected chi connectivity index (χ2v) is 4.57. The molecule has 0 aliphatic rings. The number of alkyl halides is 3. The molecule has 19 heavy (non-hydrogen) atoms. The first-order valence-electron chi connectivity index (χ1n) is 5.99. The molecule has 0 aromatic heterocycles. The number of ether oxygens (including phenoxy) is 1. The lowest BCUT2D eigenvalue weighted by Gasteiger charge is -2.18. The van der Waals surface area contributed by atoms with E-state index in [0.29, 0.717) is 12.0 Å². The van der Waals surface area contributed by atoms with Crippen LogP contribution in [-0.4, -0.2) is 12.1 Å². The molecule has 2 unspecified atom stereocenters. The highest BCUT2D eigenvalue weighted by Crippen LogP contribution is 2.37. The van der Waals surface area contributed by atoms with Gasteiger partial charge in [0.05, 0.1) is 5.56 Å². The summed E-state index contributed by atoms with van der Waals surface area (Å²) < 4.78 is 44.2. The van der Waals surface area contributed by atoms with Crippen molar-refractivity contribution < 1.29 is 17.9 Å². The van der Waals surface area contributed by atoms with Crippen molar-refractivity contribution >= 4 is 0 Å². The van der Waals surface area contributed by atoms with E-state index in [2.05, 4.69) is 6.58 Å². The van der Waals surface area contributed by atoms with Crippen molar-refractivity contribution in [2.24, 2.45) is 5.73 Å². The fourth-order valence-electron chi connectivity index (χ4n) is 1.65. The second kappa shape index (κ2) is 6.10. The average molecular weight is 273 g/mol. The summed E-state index contributed by atoms with van der Waals surface area (Å²) in [5, 5.41) is 0. The van der Waals surface area contributed by atoms with Crippen LogP contribution in [0.4, 0.5) is 13.2 Å². The summed E-state index contributed by atoms with van der Waals surface area (Å²) in [5.41, 5.74) is 5.36. The van der Waals surface area contributed by atoms with E-state index >= 15 is 0 Å². The van der Waals surface area contributed by atoms with Crippen LogP contribution in [0.15, 0.2) is 30.9 Å². The Bertz CT molecular complexity index is 441. The van der Waals surface area contributed by atoms with Gasteiger partial charge in [-0.05, 0) is 38.0 Å². The van der Waals surface area contributed by atoms with Crippen LogP contribution in [0.3, 0.4) is 0 Å². The van der Waals surface area contributed by atoms with Crippen LogP contribution in [0.5, 0.6) is 5.75 Å². The smallest absolute Gasteiger partial charge is 0.419 e. The zero-order chi connectivity index (χ0) is 14.6. The Hall–Kier alpha value is -1.49. The molecule has 0 amide bonds. The van der Waals surface area contributed by atoms with Crippen LogP contribution < -0.4 is 10.5 Å². The predicted octanol–water partition coefficient (Wildman–Crippen LogP) is 3.55. The molecule has 5 heteroatoms. The van der Waals surface area contributed by atoms with Gasteiger partial charge in [0.2, 0.25) is 0 Å². The number of rotatable bonds is 5. The molecule has 0 heterocycles. The first-order valence-corrected chi connectivity index (χ1v) is 5.99. The predicted molar refractivity (Wildman–Crippen MR) is 69.1 cm³/mol. The molecule has 1 aromatic carbocycles. The standard InChI is InChI=1S/C14H18F3NO/c1-4-10(3)19-13-6-5-11(7-9(2)18)8-12(13)14(15,16)17/h4-6,8-10H,1,7,18H2,2-3H3. The minimum absolute atomic E-state index is 0.187. The lowest BCUT2D eigenvalue weighted by molar-refractivity contribution is -0.139. The van der Waals surface area contributed by atoms with Crippen molar-refractivity contribution in [2.45, 2.75) is 38.6 Å². The van der Waals surface area contributed by atoms with Crippen molar-refractivity contribution in [3.63, 3.8) is 0 Å². The van der Waals surface area contributed by atoms with Gasteiger partial charge in [0.25, 0.3) is 0 Å².